The molecule has 3 aromatic heterocycles. The Balaban J connectivity index is 1.86. The number of benzene rings is 2. The van der Waals surface area contributed by atoms with Crippen molar-refractivity contribution in [3.05, 3.63) is 54.1 Å². The van der Waals surface area contributed by atoms with E-state index in [4.69, 9.17) is 14.6 Å². The quantitative estimate of drug-likeness (QED) is 0.452. The van der Waals surface area contributed by atoms with Crippen LogP contribution in [0.5, 0.6) is 0 Å². The fraction of sp³-hybridized carbons (Fsp3) is 0.200. The van der Waals surface area contributed by atoms with E-state index >= 15 is 0 Å². The highest BCUT2D eigenvalue weighted by Crippen LogP contribution is 2.30. The number of imidazole rings is 1. The fourth-order valence-electron chi connectivity index (χ4n) is 3.26. The maximum absolute atomic E-state index is 4.91. The molecule has 0 unspecified atom stereocenters. The van der Waals surface area contributed by atoms with Crippen LogP contribution in [0.4, 0.5) is 0 Å². The Morgan fingerprint density at radius 2 is 1.65 bits per heavy atom. The number of aromatic nitrogens is 5. The lowest BCUT2D eigenvalue weighted by Gasteiger charge is -2.19. The zero-order chi connectivity index (χ0) is 17.9. The second-order valence-corrected chi connectivity index (χ2v) is 7.46. The van der Waals surface area contributed by atoms with Crippen LogP contribution in [0.25, 0.3) is 39.2 Å². The molecule has 5 aromatic rings. The molecule has 0 bridgehead atoms. The summed E-state index contributed by atoms with van der Waals surface area (Å²) in [5.41, 5.74) is 5.97. The van der Waals surface area contributed by atoms with Crippen molar-refractivity contribution in [3.63, 3.8) is 0 Å². The van der Waals surface area contributed by atoms with Crippen LogP contribution in [0.15, 0.2) is 53.2 Å². The summed E-state index contributed by atoms with van der Waals surface area (Å²) in [5, 5.41) is 7.92. The third-order valence-corrected chi connectivity index (χ3v) is 4.68. The van der Waals surface area contributed by atoms with Gasteiger partial charge in [-0.3, -0.25) is 4.40 Å². The van der Waals surface area contributed by atoms with Crippen molar-refractivity contribution < 1.29 is 4.63 Å². The molecule has 0 amide bonds. The van der Waals surface area contributed by atoms with Gasteiger partial charge in [0.2, 0.25) is 5.65 Å². The predicted molar refractivity (Wildman–Crippen MR) is 100.0 cm³/mol. The number of hydrogen-bond donors (Lipinski definition) is 0. The van der Waals surface area contributed by atoms with Crippen LogP contribution >= 0.6 is 0 Å². The van der Waals surface area contributed by atoms with Crippen LogP contribution in [0.1, 0.15) is 26.3 Å². The molecule has 0 atom stereocenters. The Bertz CT molecular complexity index is 1260. The van der Waals surface area contributed by atoms with Gasteiger partial charge in [-0.15, -0.1) is 0 Å². The van der Waals surface area contributed by atoms with E-state index in [1.807, 2.05) is 28.7 Å². The first-order chi connectivity index (χ1) is 12.5. The number of hydrogen-bond acceptors (Lipinski definition) is 5. The smallest absolute Gasteiger partial charge is 0.229 e. The molecule has 0 aliphatic heterocycles. The summed E-state index contributed by atoms with van der Waals surface area (Å²) in [7, 11) is 0. The highest BCUT2D eigenvalue weighted by Gasteiger charge is 2.19. The summed E-state index contributed by atoms with van der Waals surface area (Å²) in [6, 6.07) is 16.5. The normalized spacial score (nSPS) is 12.4. The van der Waals surface area contributed by atoms with Gasteiger partial charge in [0.25, 0.3) is 0 Å². The number of nitrogens with zero attached hydrogens (tertiary/aromatic N) is 5. The molecule has 0 N–H and O–H groups in total. The third kappa shape index (κ3) is 2.12. The molecule has 6 heteroatoms. The van der Waals surface area contributed by atoms with Gasteiger partial charge < -0.3 is 0 Å². The summed E-state index contributed by atoms with van der Waals surface area (Å²) < 4.78 is 6.93. The van der Waals surface area contributed by atoms with Gasteiger partial charge >= 0.3 is 0 Å². The number of para-hydroxylation sites is 2. The fourth-order valence-corrected chi connectivity index (χ4v) is 3.26. The zero-order valence-electron chi connectivity index (χ0n) is 14.8. The Labute approximate surface area is 149 Å². The maximum Gasteiger partial charge on any atom is 0.229 e. The van der Waals surface area contributed by atoms with E-state index in [2.05, 4.69) is 55.4 Å². The molecule has 128 valence electrons. The lowest BCUT2D eigenvalue weighted by molar-refractivity contribution is 0.315. The SMILES string of the molecule is CC(C)(C)c1ccc(-c2nc3nonc3c3nc4ccccc4n23)cc1. The molecule has 0 saturated heterocycles. The molecule has 0 aliphatic carbocycles. The van der Waals surface area contributed by atoms with Crippen LogP contribution in [0, 0.1) is 0 Å². The average Bonchev–Trinajstić information content (AvgIpc) is 3.24. The molecule has 26 heavy (non-hydrogen) atoms. The lowest BCUT2D eigenvalue weighted by Crippen LogP contribution is -2.10. The van der Waals surface area contributed by atoms with Crippen molar-refractivity contribution in [2.45, 2.75) is 26.2 Å². The summed E-state index contributed by atoms with van der Waals surface area (Å²) in [6.45, 7) is 6.61. The third-order valence-electron chi connectivity index (χ3n) is 4.68. The molecule has 0 saturated carbocycles. The van der Waals surface area contributed by atoms with Gasteiger partial charge in [0.15, 0.2) is 11.2 Å². The molecule has 6 nitrogen and oxygen atoms in total. The van der Waals surface area contributed by atoms with E-state index in [1.165, 1.54) is 5.56 Å². The second-order valence-electron chi connectivity index (χ2n) is 7.46. The van der Waals surface area contributed by atoms with Crippen molar-refractivity contribution in [1.82, 2.24) is 24.7 Å². The Hall–Kier alpha value is -3.28. The van der Waals surface area contributed by atoms with Crippen LogP contribution in [0.3, 0.4) is 0 Å². The monoisotopic (exact) mass is 343 g/mol. The van der Waals surface area contributed by atoms with Gasteiger partial charge in [-0.05, 0) is 33.4 Å². The summed E-state index contributed by atoms with van der Waals surface area (Å²) >= 11 is 0. The molecule has 0 spiro atoms. The highest BCUT2D eigenvalue weighted by atomic mass is 16.6. The Morgan fingerprint density at radius 1 is 0.885 bits per heavy atom. The lowest BCUT2D eigenvalue weighted by atomic mass is 9.86. The van der Waals surface area contributed by atoms with E-state index in [0.29, 0.717) is 16.8 Å². The highest BCUT2D eigenvalue weighted by molar-refractivity contribution is 5.94. The largest absolute Gasteiger partial charge is 0.274 e. The number of rotatable bonds is 1. The van der Waals surface area contributed by atoms with E-state index in [1.54, 1.807) is 0 Å². The van der Waals surface area contributed by atoms with Crippen LogP contribution in [-0.2, 0) is 5.41 Å². The van der Waals surface area contributed by atoms with E-state index in [9.17, 15) is 0 Å². The van der Waals surface area contributed by atoms with Gasteiger partial charge in [0.1, 0.15) is 5.82 Å². The molecule has 3 heterocycles. The van der Waals surface area contributed by atoms with E-state index in [0.717, 1.165) is 22.4 Å². The van der Waals surface area contributed by atoms with Gasteiger partial charge in [-0.2, -0.15) is 0 Å². The molecular weight excluding hydrogens is 326 g/mol. The zero-order valence-corrected chi connectivity index (χ0v) is 14.8. The van der Waals surface area contributed by atoms with Crippen LogP contribution in [-0.4, -0.2) is 24.7 Å². The van der Waals surface area contributed by atoms with Crippen molar-refractivity contribution >= 4 is 27.8 Å². The van der Waals surface area contributed by atoms with Gasteiger partial charge in [0, 0.05) is 5.56 Å². The van der Waals surface area contributed by atoms with Crippen molar-refractivity contribution in [3.8, 4) is 11.4 Å². The second kappa shape index (κ2) is 5.11. The first kappa shape index (κ1) is 15.0. The van der Waals surface area contributed by atoms with Crippen molar-refractivity contribution in [1.29, 1.82) is 0 Å². The summed E-state index contributed by atoms with van der Waals surface area (Å²) in [5.74, 6) is 0.775. The van der Waals surface area contributed by atoms with Gasteiger partial charge in [-0.1, -0.05) is 57.2 Å². The number of fused-ring (bicyclic) bond motifs is 5. The standard InChI is InChI=1S/C20H17N5O/c1-20(2,3)13-10-8-12(9-11-13)18-22-17-16(23-26-24-17)19-21-14-6-4-5-7-15(14)25(18)19/h4-11H,1-3H3. The summed E-state index contributed by atoms with van der Waals surface area (Å²) in [6.07, 6.45) is 0. The molecule has 5 rings (SSSR count). The van der Waals surface area contributed by atoms with Crippen LogP contribution in [0.2, 0.25) is 0 Å². The minimum atomic E-state index is 0.100. The molecule has 0 aliphatic rings. The predicted octanol–water partition coefficient (Wildman–Crippen LogP) is 4.38. The van der Waals surface area contributed by atoms with Gasteiger partial charge in [0.05, 0.1) is 11.0 Å². The first-order valence-corrected chi connectivity index (χ1v) is 8.53. The molecule has 2 aromatic carbocycles. The van der Waals surface area contributed by atoms with Crippen molar-refractivity contribution in [2.24, 2.45) is 0 Å². The average molecular weight is 343 g/mol. The maximum atomic E-state index is 4.91. The Kier molecular flexibility index (Phi) is 2.95. The van der Waals surface area contributed by atoms with Crippen LogP contribution < -0.4 is 0 Å². The molecule has 0 radical (unpaired) electrons. The molecule has 0 fully saturated rings. The Morgan fingerprint density at radius 3 is 2.42 bits per heavy atom. The minimum absolute atomic E-state index is 0.100. The van der Waals surface area contributed by atoms with E-state index in [-0.39, 0.29) is 5.41 Å². The minimum Gasteiger partial charge on any atom is -0.274 e. The van der Waals surface area contributed by atoms with Crippen molar-refractivity contribution in [2.75, 3.05) is 0 Å². The topological polar surface area (TPSA) is 69.1 Å². The first-order valence-electron chi connectivity index (χ1n) is 8.53. The van der Waals surface area contributed by atoms with E-state index < -0.39 is 0 Å². The molecular formula is C20H17N5O. The summed E-state index contributed by atoms with van der Waals surface area (Å²) in [4.78, 5) is 9.42. The van der Waals surface area contributed by atoms with Gasteiger partial charge in [-0.25, -0.2) is 14.6 Å².